The molecule has 1 N–H and O–H groups in total. The van der Waals surface area contributed by atoms with Crippen LogP contribution in [0.2, 0.25) is 0 Å². The van der Waals surface area contributed by atoms with Gasteiger partial charge >= 0.3 is 12.4 Å². The maximum absolute atomic E-state index is 15.6. The maximum atomic E-state index is 15.6. The number of amides is 2. The molecule has 2 unspecified atom stereocenters. The van der Waals surface area contributed by atoms with Gasteiger partial charge in [0.2, 0.25) is 5.60 Å². The summed E-state index contributed by atoms with van der Waals surface area (Å²) in [6, 6.07) is 11.5. The number of rotatable bonds is 10. The van der Waals surface area contributed by atoms with Gasteiger partial charge in [-0.25, -0.2) is 0 Å². The molecule has 274 valence electrons. The summed E-state index contributed by atoms with van der Waals surface area (Å²) in [7, 11) is 0. The lowest BCUT2D eigenvalue weighted by atomic mass is 9.71. The number of ether oxygens (including phenoxy) is 1. The van der Waals surface area contributed by atoms with E-state index in [1.165, 1.54) is 4.90 Å². The molecular formula is C36H38F6N4O4S. The highest BCUT2D eigenvalue weighted by Crippen LogP contribution is 2.48. The van der Waals surface area contributed by atoms with Crippen molar-refractivity contribution < 1.29 is 45.8 Å². The third kappa shape index (κ3) is 7.58. The van der Waals surface area contributed by atoms with E-state index in [9.17, 15) is 41.5 Å². The van der Waals surface area contributed by atoms with Gasteiger partial charge in [-0.1, -0.05) is 43.7 Å². The van der Waals surface area contributed by atoms with Gasteiger partial charge in [-0.05, 0) is 50.2 Å². The lowest BCUT2D eigenvalue weighted by Gasteiger charge is -2.55. The van der Waals surface area contributed by atoms with E-state index in [-0.39, 0.29) is 70.4 Å². The number of carbonyl (C=O) groups is 2. The Bertz CT molecular complexity index is 1730. The van der Waals surface area contributed by atoms with Crippen LogP contribution in [0.25, 0.3) is 0 Å². The minimum Gasteiger partial charge on any atom is -0.474 e. The number of halogens is 6. The van der Waals surface area contributed by atoms with Crippen LogP contribution in [0.3, 0.4) is 0 Å². The molecule has 2 aliphatic heterocycles. The van der Waals surface area contributed by atoms with Gasteiger partial charge in [0.25, 0.3) is 11.8 Å². The van der Waals surface area contributed by atoms with Gasteiger partial charge in [-0.15, -0.1) is 11.3 Å². The Balaban J connectivity index is 1.70. The molecule has 0 spiro atoms. The van der Waals surface area contributed by atoms with Crippen molar-refractivity contribution in [2.24, 2.45) is 5.92 Å². The molecule has 15 heteroatoms. The van der Waals surface area contributed by atoms with Gasteiger partial charge in [-0.3, -0.25) is 14.6 Å². The van der Waals surface area contributed by atoms with E-state index < -0.39 is 63.3 Å². The average Bonchev–Trinajstić information content (AvgIpc) is 3.60. The number of hydrogen-bond acceptors (Lipinski definition) is 7. The van der Waals surface area contributed by atoms with Crippen LogP contribution < -0.4 is 4.74 Å². The van der Waals surface area contributed by atoms with Crippen molar-refractivity contribution in [3.63, 3.8) is 0 Å². The fourth-order valence-electron chi connectivity index (χ4n) is 7.63. The number of likely N-dealkylation sites (tertiary alicyclic amines) is 2. The summed E-state index contributed by atoms with van der Waals surface area (Å²) in [5.41, 5.74) is -4.44. The number of hydrogen-bond donors (Lipinski definition) is 1. The number of aliphatic hydroxyl groups excluding tert-OH is 1. The monoisotopic (exact) mass is 736 g/mol. The number of thiophene rings is 1. The van der Waals surface area contributed by atoms with Gasteiger partial charge in [0.05, 0.1) is 34.7 Å². The summed E-state index contributed by atoms with van der Waals surface area (Å²) in [5.74, 6) is -2.42. The number of nitrogens with zero attached hydrogens (tertiary/aromatic N) is 4. The number of nitriles is 1. The average molecular weight is 737 g/mol. The quantitative estimate of drug-likeness (QED) is 0.213. The highest BCUT2D eigenvalue weighted by atomic mass is 32.1. The normalized spacial score (nSPS) is 24.2. The Morgan fingerprint density at radius 3 is 2.49 bits per heavy atom. The molecule has 0 saturated carbocycles. The SMILES string of the molecule is CCC[C@H]1N(C(=O)c2cnccc2C(F)(F)F)CCC[C@@]1(Oc1csc(C(F)(F)F)c1)C(=O)N1CCC(C#N)CC1(CCCO)c1ccccc1. The summed E-state index contributed by atoms with van der Waals surface area (Å²) in [6.07, 6.45) is -6.48. The first-order chi connectivity index (χ1) is 24.2. The molecule has 2 amide bonds. The van der Waals surface area contributed by atoms with Crippen molar-refractivity contribution in [3.8, 4) is 11.8 Å². The van der Waals surface area contributed by atoms with Crippen LogP contribution in [-0.4, -0.2) is 63.0 Å². The van der Waals surface area contributed by atoms with E-state index in [2.05, 4.69) is 11.1 Å². The molecule has 5 rings (SSSR count). The molecule has 2 fully saturated rings. The van der Waals surface area contributed by atoms with Crippen molar-refractivity contribution in [2.45, 2.75) is 87.8 Å². The van der Waals surface area contributed by atoms with E-state index in [1.54, 1.807) is 42.2 Å². The van der Waals surface area contributed by atoms with Gasteiger partial charge in [0, 0.05) is 50.0 Å². The summed E-state index contributed by atoms with van der Waals surface area (Å²) >= 11 is 0.373. The number of aromatic nitrogens is 1. The maximum Gasteiger partial charge on any atom is 0.425 e. The van der Waals surface area contributed by atoms with Gasteiger partial charge in [-0.2, -0.15) is 31.6 Å². The zero-order valence-electron chi connectivity index (χ0n) is 27.8. The van der Waals surface area contributed by atoms with Gasteiger partial charge in [0.15, 0.2) is 0 Å². The standard InChI is InChI=1S/C36H38F6N4O4S/c1-2-8-29-34(50-26-19-30(51-23-26)36(40,41)42,14-6-16-45(29)31(48)27-22-44-15-11-28(27)35(37,38)39)32(49)46-17-12-24(21-43)20-33(46,13-7-18-47)25-9-4-3-5-10-25/h3-5,9-11,15,19,22-24,29,47H,2,6-8,12-14,16-18,20H2,1H3/t24?,29-,33?,34+/m1/s1. The third-order valence-corrected chi connectivity index (χ3v) is 10.8. The van der Waals surface area contributed by atoms with Crippen molar-refractivity contribution in [2.75, 3.05) is 19.7 Å². The number of alkyl halides is 6. The summed E-state index contributed by atoms with van der Waals surface area (Å²) in [6.45, 7) is 1.54. The molecule has 0 bridgehead atoms. The molecule has 3 aromatic rings. The minimum absolute atomic E-state index is 0.0453. The molecular weight excluding hydrogens is 698 g/mol. The number of piperidine rings is 2. The first-order valence-electron chi connectivity index (χ1n) is 16.8. The largest absolute Gasteiger partial charge is 0.474 e. The second-order valence-corrected chi connectivity index (χ2v) is 13.9. The third-order valence-electron chi connectivity index (χ3n) is 9.85. The molecule has 0 aliphatic carbocycles. The van der Waals surface area contributed by atoms with Crippen molar-refractivity contribution in [1.29, 1.82) is 5.26 Å². The van der Waals surface area contributed by atoms with Crippen molar-refractivity contribution in [3.05, 3.63) is 81.8 Å². The van der Waals surface area contributed by atoms with E-state index in [1.807, 2.05) is 0 Å². The molecule has 4 atom stereocenters. The van der Waals surface area contributed by atoms with Crippen LogP contribution in [-0.2, 0) is 22.7 Å². The first kappa shape index (κ1) is 38.1. The lowest BCUT2D eigenvalue weighted by Crippen LogP contribution is -2.70. The van der Waals surface area contributed by atoms with E-state index in [4.69, 9.17) is 4.74 Å². The summed E-state index contributed by atoms with van der Waals surface area (Å²) < 4.78 is 90.2. The number of carbonyl (C=O) groups excluding carboxylic acids is 2. The Morgan fingerprint density at radius 2 is 1.86 bits per heavy atom. The summed E-state index contributed by atoms with van der Waals surface area (Å²) in [4.78, 5) is 35.3. The number of benzene rings is 1. The van der Waals surface area contributed by atoms with Crippen LogP contribution >= 0.6 is 11.3 Å². The van der Waals surface area contributed by atoms with Crippen molar-refractivity contribution >= 4 is 23.2 Å². The zero-order chi connectivity index (χ0) is 37.0. The first-order valence-corrected chi connectivity index (χ1v) is 17.6. The Kier molecular flexibility index (Phi) is 11.4. The molecule has 2 saturated heterocycles. The van der Waals surface area contributed by atoms with Crippen LogP contribution in [0, 0.1) is 17.2 Å². The van der Waals surface area contributed by atoms with E-state index in [0.717, 1.165) is 23.8 Å². The smallest absolute Gasteiger partial charge is 0.425 e. The Hall–Kier alpha value is -4.16. The Morgan fingerprint density at radius 1 is 1.12 bits per heavy atom. The minimum atomic E-state index is -4.90. The zero-order valence-corrected chi connectivity index (χ0v) is 28.7. The second kappa shape index (κ2) is 15.2. The molecule has 2 aliphatic rings. The highest BCUT2D eigenvalue weighted by Gasteiger charge is 2.59. The molecule has 4 heterocycles. The van der Waals surface area contributed by atoms with Gasteiger partial charge < -0.3 is 19.6 Å². The van der Waals surface area contributed by atoms with Crippen LogP contribution in [0.4, 0.5) is 26.3 Å². The lowest BCUT2D eigenvalue weighted by molar-refractivity contribution is -0.170. The second-order valence-electron chi connectivity index (χ2n) is 13.0. The number of pyridine rings is 1. The fourth-order valence-corrected chi connectivity index (χ4v) is 8.31. The molecule has 0 radical (unpaired) electrons. The van der Waals surface area contributed by atoms with Crippen LogP contribution in [0.1, 0.15) is 84.7 Å². The van der Waals surface area contributed by atoms with Crippen LogP contribution in [0.15, 0.2) is 60.2 Å². The van der Waals surface area contributed by atoms with Crippen molar-refractivity contribution in [1.82, 2.24) is 14.8 Å². The highest BCUT2D eigenvalue weighted by molar-refractivity contribution is 7.10. The number of aliphatic hydroxyl groups is 1. The topological polar surface area (TPSA) is 107 Å². The molecule has 1 aromatic carbocycles. The fraction of sp³-hybridized carbons (Fsp3) is 0.500. The van der Waals surface area contributed by atoms with Gasteiger partial charge in [0.1, 0.15) is 10.6 Å². The molecule has 2 aromatic heterocycles. The molecule has 51 heavy (non-hydrogen) atoms. The molecule has 8 nitrogen and oxygen atoms in total. The van der Waals surface area contributed by atoms with E-state index >= 15 is 4.79 Å². The predicted octanol–water partition coefficient (Wildman–Crippen LogP) is 7.83. The van der Waals surface area contributed by atoms with Crippen LogP contribution in [0.5, 0.6) is 5.75 Å². The Labute approximate surface area is 295 Å². The van der Waals surface area contributed by atoms with E-state index in [0.29, 0.717) is 29.4 Å². The predicted molar refractivity (Wildman–Crippen MR) is 175 cm³/mol. The summed E-state index contributed by atoms with van der Waals surface area (Å²) in [5, 5.41) is 21.1.